The van der Waals surface area contributed by atoms with Crippen LogP contribution in [0.1, 0.15) is 36.7 Å². The van der Waals surface area contributed by atoms with E-state index in [9.17, 15) is 9.59 Å². The molecule has 0 radical (unpaired) electrons. The first-order valence-corrected chi connectivity index (χ1v) is 14.7. The van der Waals surface area contributed by atoms with Crippen LogP contribution in [0.2, 0.25) is 10.0 Å². The lowest BCUT2D eigenvalue weighted by atomic mass is 10.1. The number of rotatable bonds is 6. The summed E-state index contributed by atoms with van der Waals surface area (Å²) in [5, 5.41) is 4.04. The molecule has 0 atom stereocenters. The van der Waals surface area contributed by atoms with Gasteiger partial charge in [0.2, 0.25) is 5.95 Å². The summed E-state index contributed by atoms with van der Waals surface area (Å²) in [5.41, 5.74) is 3.06. The lowest BCUT2D eigenvalue weighted by Crippen LogP contribution is -2.50. The Morgan fingerprint density at radius 3 is 2.42 bits per heavy atom. The number of ether oxygens (including phenoxy) is 2. The van der Waals surface area contributed by atoms with Crippen molar-refractivity contribution in [3.63, 3.8) is 0 Å². The van der Waals surface area contributed by atoms with E-state index in [0.717, 1.165) is 16.9 Å². The SMILES string of the molecule is COCc1cc(Nc2ncc3c(n2)N(C)CN(c2c(Cl)cccc2Cl)C3=O)ccc1N1CCN(C(=O)OC(C)(C)C)CC1. The Morgan fingerprint density at radius 1 is 1.07 bits per heavy atom. The maximum atomic E-state index is 13.4. The van der Waals surface area contributed by atoms with Crippen molar-refractivity contribution in [1.29, 1.82) is 0 Å². The van der Waals surface area contributed by atoms with E-state index >= 15 is 0 Å². The van der Waals surface area contributed by atoms with Crippen LogP contribution in [0.3, 0.4) is 0 Å². The van der Waals surface area contributed by atoms with E-state index < -0.39 is 5.60 Å². The number of methoxy groups -OCH3 is 1. The van der Waals surface area contributed by atoms with Crippen LogP contribution < -0.4 is 20.0 Å². The summed E-state index contributed by atoms with van der Waals surface area (Å²) < 4.78 is 11.0. The molecule has 1 saturated heterocycles. The molecule has 0 saturated carbocycles. The highest BCUT2D eigenvalue weighted by Gasteiger charge is 2.33. The van der Waals surface area contributed by atoms with Gasteiger partial charge in [-0.25, -0.2) is 9.78 Å². The summed E-state index contributed by atoms with van der Waals surface area (Å²) >= 11 is 12.8. The monoisotopic (exact) mass is 627 g/mol. The molecule has 2 aromatic carbocycles. The number of anilines is 5. The number of amides is 2. The minimum Gasteiger partial charge on any atom is -0.444 e. The molecule has 0 unspecified atom stereocenters. The molecule has 0 bridgehead atoms. The van der Waals surface area contributed by atoms with Gasteiger partial charge in [0.25, 0.3) is 5.91 Å². The van der Waals surface area contributed by atoms with Gasteiger partial charge >= 0.3 is 6.09 Å². The highest BCUT2D eigenvalue weighted by atomic mass is 35.5. The second-order valence-corrected chi connectivity index (χ2v) is 12.2. The van der Waals surface area contributed by atoms with Gasteiger partial charge in [-0.2, -0.15) is 4.98 Å². The van der Waals surface area contributed by atoms with E-state index in [1.54, 1.807) is 30.2 Å². The minimum atomic E-state index is -0.527. The summed E-state index contributed by atoms with van der Waals surface area (Å²) in [6.07, 6.45) is 1.22. The third-order valence-electron chi connectivity index (χ3n) is 7.07. The van der Waals surface area contributed by atoms with Crippen LogP contribution in [0, 0.1) is 0 Å². The molecular weight excluding hydrogens is 593 g/mol. The lowest BCUT2D eigenvalue weighted by Gasteiger charge is -2.37. The number of fused-ring (bicyclic) bond motifs is 1. The number of hydrogen-bond donors (Lipinski definition) is 1. The molecule has 5 rings (SSSR count). The fourth-order valence-electron chi connectivity index (χ4n) is 5.11. The maximum Gasteiger partial charge on any atom is 0.410 e. The molecule has 228 valence electrons. The first kappa shape index (κ1) is 30.7. The van der Waals surface area contributed by atoms with Crippen LogP contribution in [-0.4, -0.2) is 79.5 Å². The third kappa shape index (κ3) is 6.74. The number of nitrogens with one attached hydrogen (secondary N) is 1. The van der Waals surface area contributed by atoms with Crippen molar-refractivity contribution >= 4 is 64.0 Å². The maximum absolute atomic E-state index is 13.4. The fourth-order valence-corrected chi connectivity index (χ4v) is 5.71. The average Bonchev–Trinajstić information content (AvgIpc) is 2.95. The van der Waals surface area contributed by atoms with Crippen LogP contribution in [-0.2, 0) is 16.1 Å². The Hall–Kier alpha value is -3.80. The molecule has 2 aliphatic heterocycles. The van der Waals surface area contributed by atoms with Crippen molar-refractivity contribution in [2.75, 3.05) is 67.0 Å². The topological polar surface area (TPSA) is 103 Å². The van der Waals surface area contributed by atoms with Gasteiger partial charge in [-0.3, -0.25) is 9.69 Å². The number of carbonyl (C=O) groups excluding carboxylic acids is 2. The fraction of sp³-hybridized carbons (Fsp3) is 0.400. The minimum absolute atomic E-state index is 0.222. The summed E-state index contributed by atoms with van der Waals surface area (Å²) in [7, 11) is 3.50. The predicted molar refractivity (Wildman–Crippen MR) is 169 cm³/mol. The number of halogens is 2. The van der Waals surface area contributed by atoms with Crippen molar-refractivity contribution in [2.24, 2.45) is 0 Å². The molecule has 2 amide bonds. The number of para-hydroxylation sites is 1. The van der Waals surface area contributed by atoms with Gasteiger partial charge in [0.1, 0.15) is 17.0 Å². The Labute approximate surface area is 261 Å². The zero-order valence-electron chi connectivity index (χ0n) is 24.9. The van der Waals surface area contributed by atoms with Crippen LogP contribution in [0.5, 0.6) is 0 Å². The van der Waals surface area contributed by atoms with Gasteiger partial charge in [0, 0.05) is 63.5 Å². The van der Waals surface area contributed by atoms with E-state index in [2.05, 4.69) is 20.2 Å². The van der Waals surface area contributed by atoms with Gasteiger partial charge in [-0.15, -0.1) is 0 Å². The normalized spacial score (nSPS) is 15.5. The highest BCUT2D eigenvalue weighted by Crippen LogP contribution is 2.37. The van der Waals surface area contributed by atoms with E-state index in [4.69, 9.17) is 32.7 Å². The molecule has 1 N–H and O–H groups in total. The molecule has 0 spiro atoms. The van der Waals surface area contributed by atoms with Gasteiger partial charge < -0.3 is 29.5 Å². The highest BCUT2D eigenvalue weighted by molar-refractivity contribution is 6.40. The summed E-state index contributed by atoms with van der Waals surface area (Å²) in [6.45, 7) is 8.71. The quantitative estimate of drug-likeness (QED) is 0.364. The second-order valence-electron chi connectivity index (χ2n) is 11.4. The number of hydrogen-bond acceptors (Lipinski definition) is 9. The van der Waals surface area contributed by atoms with Gasteiger partial charge in [0.15, 0.2) is 0 Å². The average molecular weight is 629 g/mol. The van der Waals surface area contributed by atoms with Crippen LogP contribution in [0.4, 0.5) is 33.6 Å². The number of aromatic nitrogens is 2. The van der Waals surface area contributed by atoms with E-state index in [1.807, 2.05) is 50.9 Å². The smallest absolute Gasteiger partial charge is 0.410 e. The predicted octanol–water partition coefficient (Wildman–Crippen LogP) is 5.78. The molecule has 1 aromatic heterocycles. The summed E-state index contributed by atoms with van der Waals surface area (Å²) in [5.74, 6) is 0.566. The van der Waals surface area contributed by atoms with Crippen LogP contribution >= 0.6 is 23.2 Å². The molecule has 43 heavy (non-hydrogen) atoms. The molecule has 3 heterocycles. The van der Waals surface area contributed by atoms with Crippen LogP contribution in [0.25, 0.3) is 0 Å². The Balaban J connectivity index is 1.31. The standard InChI is InChI=1S/C30H35Cl2N7O4/c1-30(2,3)43-29(41)38-13-11-37(12-14-38)24-10-9-20(15-19(24)17-42-5)34-28-33-16-21-26(35-28)36(4)18-39(27(21)40)25-22(31)7-6-8-23(25)32/h6-10,15-16H,11-14,17-18H2,1-5H3,(H,33,34,35). The number of benzene rings is 2. The first-order valence-electron chi connectivity index (χ1n) is 13.9. The molecule has 2 aliphatic rings. The molecule has 1 fully saturated rings. The first-order chi connectivity index (χ1) is 20.4. The number of carbonyl (C=O) groups is 2. The van der Waals surface area contributed by atoms with Crippen molar-refractivity contribution in [3.05, 3.63) is 63.8 Å². The van der Waals surface area contributed by atoms with E-state index in [-0.39, 0.29) is 18.7 Å². The van der Waals surface area contributed by atoms with Gasteiger partial charge in [-0.05, 0) is 51.1 Å². The van der Waals surface area contributed by atoms with E-state index in [1.165, 1.54) is 11.1 Å². The Kier molecular flexibility index (Phi) is 8.86. The summed E-state index contributed by atoms with van der Waals surface area (Å²) in [6, 6.07) is 11.1. The van der Waals surface area contributed by atoms with Crippen molar-refractivity contribution in [3.8, 4) is 0 Å². The number of piperazine rings is 1. The van der Waals surface area contributed by atoms with Crippen molar-refractivity contribution in [1.82, 2.24) is 14.9 Å². The Morgan fingerprint density at radius 2 is 1.77 bits per heavy atom. The Bertz CT molecular complexity index is 1500. The second kappa shape index (κ2) is 12.4. The molecule has 11 nitrogen and oxygen atoms in total. The zero-order valence-corrected chi connectivity index (χ0v) is 26.4. The van der Waals surface area contributed by atoms with Crippen molar-refractivity contribution in [2.45, 2.75) is 33.0 Å². The molecule has 13 heteroatoms. The van der Waals surface area contributed by atoms with Gasteiger partial charge in [-0.1, -0.05) is 29.3 Å². The third-order valence-corrected chi connectivity index (χ3v) is 7.68. The van der Waals surface area contributed by atoms with Crippen LogP contribution in [0.15, 0.2) is 42.6 Å². The molecular formula is C30H35Cl2N7O4. The number of nitrogens with zero attached hydrogens (tertiary/aromatic N) is 6. The summed E-state index contributed by atoms with van der Waals surface area (Å²) in [4.78, 5) is 42.3. The van der Waals surface area contributed by atoms with Gasteiger partial charge in [0.05, 0.1) is 29.0 Å². The molecule has 0 aliphatic carbocycles. The zero-order chi connectivity index (χ0) is 30.9. The van der Waals surface area contributed by atoms with E-state index in [0.29, 0.717) is 65.8 Å². The van der Waals surface area contributed by atoms with Crippen molar-refractivity contribution < 1.29 is 19.1 Å². The largest absolute Gasteiger partial charge is 0.444 e. The molecule has 3 aromatic rings. The lowest BCUT2D eigenvalue weighted by molar-refractivity contribution is 0.0240.